The molecule has 3 rings (SSSR count). The maximum Gasteiger partial charge on any atom is 0.317 e. The number of halogens is 1. The summed E-state index contributed by atoms with van der Waals surface area (Å²) in [6.45, 7) is 7.11. The SMILES string of the molecule is CCN(CC(=O)O)C1CCN(CC(=O)N2c3ccccc3CCC2C)CC1.Cl. The standard InChI is InChI=1S/C21H31N3O3.ClH/c1-3-23(15-21(26)27)18-10-12-22(13-11-18)14-20(25)24-16(2)8-9-17-6-4-5-7-19(17)24;/h4-7,16,18H,3,8-15H2,1-2H3,(H,26,27);1H. The Morgan fingerprint density at radius 2 is 1.86 bits per heavy atom. The second-order valence-corrected chi connectivity index (χ2v) is 7.74. The first-order valence-corrected chi connectivity index (χ1v) is 10.1. The number of amides is 1. The van der Waals surface area contributed by atoms with Crippen LogP contribution in [0.3, 0.4) is 0 Å². The molecule has 2 aliphatic rings. The number of anilines is 1. The van der Waals surface area contributed by atoms with Gasteiger partial charge in [0.1, 0.15) is 0 Å². The summed E-state index contributed by atoms with van der Waals surface area (Å²) < 4.78 is 0. The smallest absolute Gasteiger partial charge is 0.317 e. The van der Waals surface area contributed by atoms with Crippen LogP contribution in [0.2, 0.25) is 0 Å². The fraction of sp³-hybridized carbons (Fsp3) is 0.619. The van der Waals surface area contributed by atoms with Gasteiger partial charge in [-0.1, -0.05) is 25.1 Å². The van der Waals surface area contributed by atoms with Gasteiger partial charge in [-0.3, -0.25) is 19.4 Å². The number of hydrogen-bond donors (Lipinski definition) is 1. The Balaban J connectivity index is 0.00000280. The largest absolute Gasteiger partial charge is 0.480 e. The molecule has 1 aromatic rings. The number of piperidine rings is 1. The summed E-state index contributed by atoms with van der Waals surface area (Å²) in [6.07, 6.45) is 3.87. The van der Waals surface area contributed by atoms with Crippen LogP contribution in [0.5, 0.6) is 0 Å². The lowest BCUT2D eigenvalue weighted by atomic mass is 9.96. The van der Waals surface area contributed by atoms with Crippen molar-refractivity contribution in [3.63, 3.8) is 0 Å². The highest BCUT2D eigenvalue weighted by Crippen LogP contribution is 2.30. The molecule has 1 N–H and O–H groups in total. The molecule has 0 aromatic heterocycles. The lowest BCUT2D eigenvalue weighted by Crippen LogP contribution is -2.51. The first-order valence-electron chi connectivity index (χ1n) is 10.1. The van der Waals surface area contributed by atoms with Crippen LogP contribution < -0.4 is 4.90 Å². The van der Waals surface area contributed by atoms with E-state index in [4.69, 9.17) is 5.11 Å². The highest BCUT2D eigenvalue weighted by atomic mass is 35.5. The minimum Gasteiger partial charge on any atom is -0.480 e. The van der Waals surface area contributed by atoms with E-state index >= 15 is 0 Å². The van der Waals surface area contributed by atoms with E-state index in [1.54, 1.807) is 0 Å². The summed E-state index contributed by atoms with van der Waals surface area (Å²) in [4.78, 5) is 30.3. The molecule has 1 fully saturated rings. The number of hydrogen-bond acceptors (Lipinski definition) is 4. The summed E-state index contributed by atoms with van der Waals surface area (Å²) in [7, 11) is 0. The van der Waals surface area contributed by atoms with Crippen molar-refractivity contribution in [2.45, 2.75) is 51.6 Å². The zero-order valence-electron chi connectivity index (χ0n) is 16.8. The molecule has 2 aliphatic heterocycles. The number of nitrogens with zero attached hydrogens (tertiary/aromatic N) is 3. The van der Waals surface area contributed by atoms with Crippen LogP contribution in [0.15, 0.2) is 24.3 Å². The first kappa shape index (κ1) is 22.7. The second-order valence-electron chi connectivity index (χ2n) is 7.74. The highest BCUT2D eigenvalue weighted by Gasteiger charge is 2.31. The number of likely N-dealkylation sites (N-methyl/N-ethyl adjacent to an activating group) is 1. The molecule has 1 unspecified atom stereocenters. The zero-order valence-corrected chi connectivity index (χ0v) is 17.7. The van der Waals surface area contributed by atoms with Gasteiger partial charge in [-0.2, -0.15) is 0 Å². The van der Waals surface area contributed by atoms with Crippen molar-refractivity contribution in [1.82, 2.24) is 9.80 Å². The molecular weight excluding hydrogens is 378 g/mol. The van der Waals surface area contributed by atoms with Crippen LogP contribution in [-0.2, 0) is 16.0 Å². The summed E-state index contributed by atoms with van der Waals surface area (Å²) in [5.74, 6) is -0.599. The minimum absolute atomic E-state index is 0. The predicted molar refractivity (Wildman–Crippen MR) is 113 cm³/mol. The van der Waals surface area contributed by atoms with Crippen molar-refractivity contribution in [3.05, 3.63) is 29.8 Å². The molecule has 7 heteroatoms. The number of likely N-dealkylation sites (tertiary alicyclic amines) is 1. The topological polar surface area (TPSA) is 64.1 Å². The molecule has 1 amide bonds. The molecule has 2 heterocycles. The Morgan fingerprint density at radius 3 is 2.50 bits per heavy atom. The Labute approximate surface area is 173 Å². The normalized spacial score (nSPS) is 20.5. The van der Waals surface area contributed by atoms with Crippen LogP contribution in [-0.4, -0.2) is 71.6 Å². The maximum absolute atomic E-state index is 13.1. The number of carbonyl (C=O) groups excluding carboxylic acids is 1. The monoisotopic (exact) mass is 409 g/mol. The molecule has 0 radical (unpaired) electrons. The summed E-state index contributed by atoms with van der Waals surface area (Å²) in [5, 5.41) is 9.06. The van der Waals surface area contributed by atoms with E-state index < -0.39 is 5.97 Å². The number of para-hydroxylation sites is 1. The number of rotatable bonds is 6. The van der Waals surface area contributed by atoms with Gasteiger partial charge < -0.3 is 10.0 Å². The molecule has 1 aromatic carbocycles. The Morgan fingerprint density at radius 1 is 1.18 bits per heavy atom. The van der Waals surface area contributed by atoms with Gasteiger partial charge in [0.25, 0.3) is 0 Å². The number of benzene rings is 1. The van der Waals surface area contributed by atoms with Gasteiger partial charge in [0.05, 0.1) is 13.1 Å². The fourth-order valence-electron chi connectivity index (χ4n) is 4.45. The molecule has 6 nitrogen and oxygen atoms in total. The van der Waals surface area contributed by atoms with E-state index in [-0.39, 0.29) is 30.9 Å². The van der Waals surface area contributed by atoms with E-state index in [0.29, 0.717) is 12.6 Å². The summed E-state index contributed by atoms with van der Waals surface area (Å²) >= 11 is 0. The van der Waals surface area contributed by atoms with E-state index in [0.717, 1.165) is 51.0 Å². The molecule has 0 aliphatic carbocycles. The van der Waals surface area contributed by atoms with Crippen molar-refractivity contribution in [3.8, 4) is 0 Å². The van der Waals surface area contributed by atoms with Gasteiger partial charge in [0, 0.05) is 30.9 Å². The minimum atomic E-state index is -0.771. The average Bonchev–Trinajstić information content (AvgIpc) is 2.66. The van der Waals surface area contributed by atoms with Crippen LogP contribution in [0, 0.1) is 0 Å². The molecular formula is C21H32ClN3O3. The number of aliphatic carboxylic acids is 1. The van der Waals surface area contributed by atoms with Gasteiger partial charge in [-0.25, -0.2) is 0 Å². The van der Waals surface area contributed by atoms with E-state index in [9.17, 15) is 9.59 Å². The van der Waals surface area contributed by atoms with Crippen LogP contribution in [0.1, 0.15) is 38.7 Å². The van der Waals surface area contributed by atoms with Crippen molar-refractivity contribution in [1.29, 1.82) is 0 Å². The quantitative estimate of drug-likeness (QED) is 0.782. The Bertz CT molecular complexity index is 677. The van der Waals surface area contributed by atoms with Crippen LogP contribution in [0.25, 0.3) is 0 Å². The van der Waals surface area contributed by atoms with Crippen molar-refractivity contribution in [2.24, 2.45) is 0 Å². The third-order valence-electron chi connectivity index (χ3n) is 5.97. The predicted octanol–water partition coefficient (Wildman–Crippen LogP) is 2.65. The lowest BCUT2D eigenvalue weighted by Gasteiger charge is -2.39. The van der Waals surface area contributed by atoms with Gasteiger partial charge in [0.2, 0.25) is 5.91 Å². The molecule has 1 atom stereocenters. The van der Waals surface area contributed by atoms with Gasteiger partial charge in [-0.15, -0.1) is 12.4 Å². The Hall–Kier alpha value is -1.63. The molecule has 156 valence electrons. The average molecular weight is 410 g/mol. The number of carboxylic acid groups (broad SMARTS) is 1. The fourth-order valence-corrected chi connectivity index (χ4v) is 4.45. The van der Waals surface area contributed by atoms with Crippen molar-refractivity contribution in [2.75, 3.05) is 37.6 Å². The number of aryl methyl sites for hydroxylation is 1. The Kier molecular flexibility index (Phi) is 8.28. The van der Waals surface area contributed by atoms with Gasteiger partial charge in [0.15, 0.2) is 0 Å². The molecule has 28 heavy (non-hydrogen) atoms. The zero-order chi connectivity index (χ0) is 19.4. The highest BCUT2D eigenvalue weighted by molar-refractivity contribution is 5.96. The molecule has 1 saturated heterocycles. The van der Waals surface area contributed by atoms with E-state index in [1.165, 1.54) is 5.56 Å². The molecule has 0 saturated carbocycles. The molecule has 0 bridgehead atoms. The lowest BCUT2D eigenvalue weighted by molar-refractivity contribution is -0.139. The second kappa shape index (κ2) is 10.2. The van der Waals surface area contributed by atoms with Crippen LogP contribution >= 0.6 is 12.4 Å². The van der Waals surface area contributed by atoms with Crippen LogP contribution in [0.4, 0.5) is 5.69 Å². The van der Waals surface area contributed by atoms with Crippen molar-refractivity contribution < 1.29 is 14.7 Å². The third-order valence-corrected chi connectivity index (χ3v) is 5.97. The molecule has 0 spiro atoms. The summed E-state index contributed by atoms with van der Waals surface area (Å²) in [5.41, 5.74) is 2.32. The van der Waals surface area contributed by atoms with E-state index in [2.05, 4.69) is 24.0 Å². The van der Waals surface area contributed by atoms with Gasteiger partial charge in [-0.05, 0) is 50.8 Å². The maximum atomic E-state index is 13.1. The van der Waals surface area contributed by atoms with E-state index in [1.807, 2.05) is 28.9 Å². The van der Waals surface area contributed by atoms with Gasteiger partial charge >= 0.3 is 5.97 Å². The number of fused-ring (bicyclic) bond motifs is 1. The van der Waals surface area contributed by atoms with Crippen molar-refractivity contribution >= 4 is 30.0 Å². The number of carbonyl (C=O) groups is 2. The first-order chi connectivity index (χ1) is 13.0. The third kappa shape index (κ3) is 5.25. The summed E-state index contributed by atoms with van der Waals surface area (Å²) in [6, 6.07) is 8.75. The number of carboxylic acids is 1.